The number of benzene rings is 1. The van der Waals surface area contributed by atoms with Crippen LogP contribution < -0.4 is 15.2 Å². The van der Waals surface area contributed by atoms with Gasteiger partial charge >= 0.3 is 6.36 Å². The van der Waals surface area contributed by atoms with Crippen molar-refractivity contribution >= 4 is 12.4 Å². The molecule has 1 aromatic carbocycles. The molecule has 8 heteroatoms. The molecule has 0 amide bonds. The third-order valence-corrected chi connectivity index (χ3v) is 4.30. The van der Waals surface area contributed by atoms with Gasteiger partial charge in [-0.25, -0.2) is 0 Å². The molecule has 1 fully saturated rings. The first-order valence-corrected chi connectivity index (χ1v) is 7.69. The third kappa shape index (κ3) is 5.43. The summed E-state index contributed by atoms with van der Waals surface area (Å²) in [4.78, 5) is 0. The van der Waals surface area contributed by atoms with E-state index in [9.17, 15) is 18.3 Å². The van der Waals surface area contributed by atoms with Gasteiger partial charge in [0.2, 0.25) is 0 Å². The standard InChI is InChI=1S/C16H22F3NO3.ClH/c1-22-13-9-11(23-16(17,18)19)7-8-12(13)14(20)15(21)10-5-3-2-4-6-10;/h7-10,14-15,21H,2-6,20H2,1H3;1H/t14-,15+;/m1./s1. The maximum absolute atomic E-state index is 12.3. The van der Waals surface area contributed by atoms with Gasteiger partial charge in [0.05, 0.1) is 19.3 Å². The van der Waals surface area contributed by atoms with E-state index in [-0.39, 0.29) is 29.8 Å². The van der Waals surface area contributed by atoms with E-state index in [0.717, 1.165) is 38.2 Å². The number of aliphatic hydroxyl groups excluding tert-OH is 1. The van der Waals surface area contributed by atoms with Gasteiger partial charge in [0.1, 0.15) is 11.5 Å². The van der Waals surface area contributed by atoms with E-state index in [2.05, 4.69) is 4.74 Å². The van der Waals surface area contributed by atoms with Crippen molar-refractivity contribution in [2.45, 2.75) is 50.6 Å². The van der Waals surface area contributed by atoms with Crippen LogP contribution in [-0.4, -0.2) is 24.7 Å². The summed E-state index contributed by atoms with van der Waals surface area (Å²) in [5.74, 6) is -0.0962. The molecule has 0 heterocycles. The summed E-state index contributed by atoms with van der Waals surface area (Å²) in [6, 6.07) is 3.01. The minimum absolute atomic E-state index is 0. The summed E-state index contributed by atoms with van der Waals surface area (Å²) < 4.78 is 45.8. The maximum atomic E-state index is 12.3. The molecular formula is C16H23ClF3NO3. The molecule has 0 aromatic heterocycles. The number of nitrogens with two attached hydrogens (primary N) is 1. The fraction of sp³-hybridized carbons (Fsp3) is 0.625. The molecule has 0 unspecified atom stereocenters. The van der Waals surface area contributed by atoms with E-state index in [0.29, 0.717) is 5.56 Å². The molecule has 0 saturated heterocycles. The smallest absolute Gasteiger partial charge is 0.496 e. The molecule has 0 spiro atoms. The van der Waals surface area contributed by atoms with E-state index < -0.39 is 18.5 Å². The Morgan fingerprint density at radius 3 is 2.38 bits per heavy atom. The first-order chi connectivity index (χ1) is 10.8. The van der Waals surface area contributed by atoms with E-state index in [4.69, 9.17) is 10.5 Å². The van der Waals surface area contributed by atoms with Gasteiger partial charge in [0.15, 0.2) is 0 Å². The van der Waals surface area contributed by atoms with E-state index in [1.54, 1.807) is 0 Å². The first kappa shape index (κ1) is 20.9. The lowest BCUT2D eigenvalue weighted by atomic mass is 9.81. The minimum atomic E-state index is -4.77. The van der Waals surface area contributed by atoms with Gasteiger partial charge in [-0.2, -0.15) is 0 Å². The number of rotatable bonds is 5. The van der Waals surface area contributed by atoms with Gasteiger partial charge in [-0.1, -0.05) is 19.3 Å². The Bertz CT molecular complexity index is 522. The van der Waals surface area contributed by atoms with Gasteiger partial charge in [-0.15, -0.1) is 25.6 Å². The number of hydrogen-bond donors (Lipinski definition) is 2. The molecule has 1 aromatic rings. The zero-order valence-corrected chi connectivity index (χ0v) is 14.2. The number of alkyl halides is 3. The van der Waals surface area contributed by atoms with Crippen LogP contribution in [0.5, 0.6) is 11.5 Å². The average molecular weight is 370 g/mol. The SMILES string of the molecule is COc1cc(OC(F)(F)F)ccc1[C@@H](N)[C@@H](O)C1CCCCC1.Cl. The molecule has 2 rings (SSSR count). The second kappa shape index (κ2) is 8.78. The molecule has 1 saturated carbocycles. The summed E-state index contributed by atoms with van der Waals surface area (Å²) in [7, 11) is 1.34. The second-order valence-electron chi connectivity index (χ2n) is 5.87. The zero-order valence-electron chi connectivity index (χ0n) is 13.4. The monoisotopic (exact) mass is 369 g/mol. The summed E-state index contributed by atoms with van der Waals surface area (Å²) in [6.07, 6.45) is -0.424. The van der Waals surface area contributed by atoms with Crippen molar-refractivity contribution in [2.75, 3.05) is 7.11 Å². The molecule has 0 bridgehead atoms. The van der Waals surface area contributed by atoms with Crippen molar-refractivity contribution in [3.63, 3.8) is 0 Å². The molecule has 0 aliphatic heterocycles. The van der Waals surface area contributed by atoms with Crippen molar-refractivity contribution in [3.8, 4) is 11.5 Å². The summed E-state index contributed by atoms with van der Waals surface area (Å²) in [5.41, 5.74) is 6.60. The largest absolute Gasteiger partial charge is 0.573 e. The van der Waals surface area contributed by atoms with Gasteiger partial charge in [-0.05, 0) is 30.9 Å². The molecule has 2 atom stereocenters. The van der Waals surface area contributed by atoms with Crippen molar-refractivity contribution in [1.82, 2.24) is 0 Å². The van der Waals surface area contributed by atoms with Crippen LogP contribution in [0.4, 0.5) is 13.2 Å². The van der Waals surface area contributed by atoms with Crippen molar-refractivity contribution < 1.29 is 27.8 Å². The lowest BCUT2D eigenvalue weighted by Gasteiger charge is -2.31. The topological polar surface area (TPSA) is 64.7 Å². The predicted octanol–water partition coefficient (Wildman–Crippen LogP) is 3.96. The molecule has 0 radical (unpaired) electrons. The van der Waals surface area contributed by atoms with Crippen LogP contribution in [0.2, 0.25) is 0 Å². The van der Waals surface area contributed by atoms with Crippen LogP contribution in [0.25, 0.3) is 0 Å². The summed E-state index contributed by atoms with van der Waals surface area (Å²) in [6.45, 7) is 0. The van der Waals surface area contributed by atoms with Crippen molar-refractivity contribution in [2.24, 2.45) is 11.7 Å². The number of methoxy groups -OCH3 is 1. The lowest BCUT2D eigenvalue weighted by molar-refractivity contribution is -0.274. The van der Waals surface area contributed by atoms with Crippen LogP contribution in [0.3, 0.4) is 0 Å². The Morgan fingerprint density at radius 1 is 1.21 bits per heavy atom. The van der Waals surface area contributed by atoms with E-state index in [1.807, 2.05) is 0 Å². The summed E-state index contributed by atoms with van der Waals surface area (Å²) in [5, 5.41) is 10.5. The first-order valence-electron chi connectivity index (χ1n) is 7.69. The molecule has 1 aliphatic carbocycles. The van der Waals surface area contributed by atoms with Gasteiger partial charge in [0.25, 0.3) is 0 Å². The number of halogens is 4. The molecular weight excluding hydrogens is 347 g/mol. The molecule has 24 heavy (non-hydrogen) atoms. The fourth-order valence-corrected chi connectivity index (χ4v) is 3.12. The average Bonchev–Trinajstić information content (AvgIpc) is 2.52. The van der Waals surface area contributed by atoms with E-state index >= 15 is 0 Å². The predicted molar refractivity (Wildman–Crippen MR) is 86.4 cm³/mol. The molecule has 4 nitrogen and oxygen atoms in total. The van der Waals surface area contributed by atoms with Crippen LogP contribution in [-0.2, 0) is 0 Å². The highest BCUT2D eigenvalue weighted by molar-refractivity contribution is 5.85. The number of hydrogen-bond acceptors (Lipinski definition) is 4. The highest BCUT2D eigenvalue weighted by Crippen LogP contribution is 2.36. The lowest BCUT2D eigenvalue weighted by Crippen LogP contribution is -2.34. The Morgan fingerprint density at radius 2 is 1.83 bits per heavy atom. The van der Waals surface area contributed by atoms with Crippen LogP contribution in [0.15, 0.2) is 18.2 Å². The number of ether oxygens (including phenoxy) is 2. The van der Waals surface area contributed by atoms with Crippen LogP contribution >= 0.6 is 12.4 Å². The fourth-order valence-electron chi connectivity index (χ4n) is 3.12. The third-order valence-electron chi connectivity index (χ3n) is 4.30. The van der Waals surface area contributed by atoms with Crippen molar-refractivity contribution in [3.05, 3.63) is 23.8 Å². The number of aliphatic hydroxyl groups is 1. The van der Waals surface area contributed by atoms with Crippen molar-refractivity contribution in [1.29, 1.82) is 0 Å². The zero-order chi connectivity index (χ0) is 17.0. The Hall–Kier alpha value is -1.18. The quantitative estimate of drug-likeness (QED) is 0.824. The van der Waals surface area contributed by atoms with Gasteiger partial charge in [0, 0.05) is 11.6 Å². The molecule has 138 valence electrons. The highest BCUT2D eigenvalue weighted by atomic mass is 35.5. The second-order valence-corrected chi connectivity index (χ2v) is 5.87. The Kier molecular flexibility index (Phi) is 7.63. The van der Waals surface area contributed by atoms with E-state index in [1.165, 1.54) is 19.2 Å². The van der Waals surface area contributed by atoms with Gasteiger partial charge in [-0.3, -0.25) is 0 Å². The normalized spacial score (nSPS) is 18.4. The summed E-state index contributed by atoms with van der Waals surface area (Å²) >= 11 is 0. The Labute approximate surface area is 145 Å². The highest BCUT2D eigenvalue weighted by Gasteiger charge is 2.32. The maximum Gasteiger partial charge on any atom is 0.573 e. The molecule has 1 aliphatic rings. The molecule has 3 N–H and O–H groups in total. The van der Waals surface area contributed by atoms with Crippen LogP contribution in [0.1, 0.15) is 43.7 Å². The van der Waals surface area contributed by atoms with Gasteiger partial charge < -0.3 is 20.3 Å². The van der Waals surface area contributed by atoms with Crippen LogP contribution in [0, 0.1) is 5.92 Å². The Balaban J connectivity index is 0.00000288. The minimum Gasteiger partial charge on any atom is -0.496 e.